The third kappa shape index (κ3) is 2.93. The predicted octanol–water partition coefficient (Wildman–Crippen LogP) is 3.64. The minimum Gasteiger partial charge on any atom is -0.379 e. The maximum Gasteiger partial charge on any atom is 0.0642 e. The Morgan fingerprint density at radius 1 is 1.24 bits per heavy atom. The minimum absolute atomic E-state index is 0.250. The molecule has 1 fully saturated rings. The van der Waals surface area contributed by atoms with Crippen LogP contribution >= 0.6 is 11.6 Å². The van der Waals surface area contributed by atoms with Gasteiger partial charge in [-0.25, -0.2) is 0 Å². The zero-order valence-corrected chi connectivity index (χ0v) is 11.3. The molecule has 94 valence electrons. The minimum atomic E-state index is 0.250. The third-order valence-electron chi connectivity index (χ3n) is 3.58. The van der Waals surface area contributed by atoms with Crippen LogP contribution in [0.15, 0.2) is 12.1 Å². The molecule has 0 heterocycles. The normalized spacial score (nSPS) is 24.7. The van der Waals surface area contributed by atoms with Gasteiger partial charge in [-0.15, -0.1) is 0 Å². The van der Waals surface area contributed by atoms with Crippen molar-refractivity contribution in [3.05, 3.63) is 28.3 Å². The highest BCUT2D eigenvalue weighted by Crippen LogP contribution is 2.30. The fourth-order valence-corrected chi connectivity index (χ4v) is 3.00. The van der Waals surface area contributed by atoms with Crippen LogP contribution in [0.4, 0.5) is 5.69 Å². The average Bonchev–Trinajstić information content (AvgIpc) is 2.25. The lowest BCUT2D eigenvalue weighted by molar-refractivity contribution is 0.404. The van der Waals surface area contributed by atoms with E-state index in [1.165, 1.54) is 24.0 Å². The Kier molecular flexibility index (Phi) is 3.95. The largest absolute Gasteiger partial charge is 0.379 e. The zero-order chi connectivity index (χ0) is 12.4. The van der Waals surface area contributed by atoms with E-state index in [0.717, 1.165) is 23.6 Å². The van der Waals surface area contributed by atoms with E-state index in [1.807, 2.05) is 6.07 Å². The lowest BCUT2D eigenvalue weighted by atomic mass is 9.90. The highest BCUT2D eigenvalue weighted by Gasteiger charge is 2.22. The van der Waals surface area contributed by atoms with Crippen LogP contribution in [-0.4, -0.2) is 12.1 Å². The van der Waals surface area contributed by atoms with Crippen molar-refractivity contribution in [2.75, 3.05) is 5.32 Å². The first kappa shape index (κ1) is 12.7. The summed E-state index contributed by atoms with van der Waals surface area (Å²) in [4.78, 5) is 0. The molecule has 0 aliphatic heterocycles. The fourth-order valence-electron chi connectivity index (χ4n) is 2.62. The summed E-state index contributed by atoms with van der Waals surface area (Å²) in [5.41, 5.74) is 9.61. The second-order valence-electron chi connectivity index (χ2n) is 5.14. The Morgan fingerprint density at radius 3 is 2.59 bits per heavy atom. The van der Waals surface area contributed by atoms with E-state index < -0.39 is 0 Å². The molecule has 1 saturated carbocycles. The summed E-state index contributed by atoms with van der Waals surface area (Å²) in [7, 11) is 0. The summed E-state index contributed by atoms with van der Waals surface area (Å²) in [6, 6.07) is 4.77. The molecule has 0 bridgehead atoms. The van der Waals surface area contributed by atoms with Gasteiger partial charge in [-0.3, -0.25) is 0 Å². The van der Waals surface area contributed by atoms with Crippen LogP contribution in [0.25, 0.3) is 0 Å². The Balaban J connectivity index is 2.17. The SMILES string of the molecule is Cc1cc(C)c(NC2CCCCC2N)c(Cl)c1. The second-order valence-corrected chi connectivity index (χ2v) is 5.54. The van der Waals surface area contributed by atoms with Crippen molar-refractivity contribution in [2.24, 2.45) is 5.73 Å². The molecule has 0 aromatic heterocycles. The first-order chi connectivity index (χ1) is 8.08. The van der Waals surface area contributed by atoms with E-state index in [1.54, 1.807) is 0 Å². The Bertz CT molecular complexity index is 380. The fraction of sp³-hybridized carbons (Fsp3) is 0.571. The van der Waals surface area contributed by atoms with Gasteiger partial charge in [0.1, 0.15) is 0 Å². The molecule has 1 aliphatic rings. The Morgan fingerprint density at radius 2 is 1.94 bits per heavy atom. The molecule has 2 unspecified atom stereocenters. The Hall–Kier alpha value is -0.730. The molecule has 2 nitrogen and oxygen atoms in total. The molecule has 0 saturated heterocycles. The number of rotatable bonds is 2. The molecule has 17 heavy (non-hydrogen) atoms. The second kappa shape index (κ2) is 5.28. The van der Waals surface area contributed by atoms with E-state index in [2.05, 4.69) is 25.2 Å². The summed E-state index contributed by atoms with van der Waals surface area (Å²) in [6.45, 7) is 4.16. The van der Waals surface area contributed by atoms with Gasteiger partial charge < -0.3 is 11.1 Å². The molecular formula is C14H21ClN2. The number of aryl methyl sites for hydroxylation is 2. The predicted molar refractivity (Wildman–Crippen MR) is 74.8 cm³/mol. The van der Waals surface area contributed by atoms with E-state index >= 15 is 0 Å². The van der Waals surface area contributed by atoms with Gasteiger partial charge >= 0.3 is 0 Å². The van der Waals surface area contributed by atoms with Gasteiger partial charge in [-0.05, 0) is 43.9 Å². The van der Waals surface area contributed by atoms with Crippen molar-refractivity contribution in [2.45, 2.75) is 51.6 Å². The third-order valence-corrected chi connectivity index (χ3v) is 3.88. The number of nitrogens with one attached hydrogen (secondary N) is 1. The lowest BCUT2D eigenvalue weighted by Gasteiger charge is -2.31. The summed E-state index contributed by atoms with van der Waals surface area (Å²) < 4.78 is 0. The van der Waals surface area contributed by atoms with Crippen molar-refractivity contribution in [3.63, 3.8) is 0 Å². The zero-order valence-electron chi connectivity index (χ0n) is 10.6. The summed E-state index contributed by atoms with van der Waals surface area (Å²) in [5, 5.41) is 4.34. The van der Waals surface area contributed by atoms with Gasteiger partial charge in [0.05, 0.1) is 10.7 Å². The highest BCUT2D eigenvalue weighted by atomic mass is 35.5. The number of hydrogen-bond donors (Lipinski definition) is 2. The van der Waals surface area contributed by atoms with Crippen molar-refractivity contribution < 1.29 is 0 Å². The van der Waals surface area contributed by atoms with Crippen LogP contribution in [0.2, 0.25) is 5.02 Å². The maximum absolute atomic E-state index is 6.30. The van der Waals surface area contributed by atoms with Crippen LogP contribution < -0.4 is 11.1 Å². The smallest absolute Gasteiger partial charge is 0.0642 e. The van der Waals surface area contributed by atoms with Crippen LogP contribution in [0.1, 0.15) is 36.8 Å². The van der Waals surface area contributed by atoms with Gasteiger partial charge in [0.25, 0.3) is 0 Å². The first-order valence-corrected chi connectivity index (χ1v) is 6.74. The topological polar surface area (TPSA) is 38.0 Å². The Labute approximate surface area is 109 Å². The van der Waals surface area contributed by atoms with E-state index in [4.69, 9.17) is 17.3 Å². The summed E-state index contributed by atoms with van der Waals surface area (Å²) in [6.07, 6.45) is 4.76. The molecule has 0 amide bonds. The van der Waals surface area contributed by atoms with Crippen molar-refractivity contribution in [1.82, 2.24) is 0 Å². The summed E-state index contributed by atoms with van der Waals surface area (Å²) in [5.74, 6) is 0. The summed E-state index contributed by atoms with van der Waals surface area (Å²) >= 11 is 6.30. The number of nitrogens with two attached hydrogens (primary N) is 1. The molecule has 2 atom stereocenters. The van der Waals surface area contributed by atoms with Gasteiger partial charge in [0.2, 0.25) is 0 Å². The molecule has 1 aromatic rings. The van der Waals surface area contributed by atoms with Gasteiger partial charge in [0.15, 0.2) is 0 Å². The molecule has 3 N–H and O–H groups in total. The number of halogens is 1. The number of anilines is 1. The molecule has 2 rings (SSSR count). The van der Waals surface area contributed by atoms with E-state index in [0.29, 0.717) is 6.04 Å². The van der Waals surface area contributed by atoms with Crippen molar-refractivity contribution in [1.29, 1.82) is 0 Å². The van der Waals surface area contributed by atoms with Gasteiger partial charge in [-0.2, -0.15) is 0 Å². The van der Waals surface area contributed by atoms with Crippen LogP contribution in [-0.2, 0) is 0 Å². The molecule has 0 spiro atoms. The molecule has 0 radical (unpaired) electrons. The van der Waals surface area contributed by atoms with Gasteiger partial charge in [-0.1, -0.05) is 30.5 Å². The van der Waals surface area contributed by atoms with Crippen molar-refractivity contribution in [3.8, 4) is 0 Å². The standard InChI is InChI=1S/C14H21ClN2/c1-9-7-10(2)14(11(15)8-9)17-13-6-4-3-5-12(13)16/h7-8,12-13,17H,3-6,16H2,1-2H3. The van der Waals surface area contributed by atoms with Gasteiger partial charge in [0, 0.05) is 12.1 Å². The monoisotopic (exact) mass is 252 g/mol. The van der Waals surface area contributed by atoms with Crippen LogP contribution in [0.3, 0.4) is 0 Å². The number of hydrogen-bond acceptors (Lipinski definition) is 2. The van der Waals surface area contributed by atoms with E-state index in [-0.39, 0.29) is 6.04 Å². The van der Waals surface area contributed by atoms with Crippen molar-refractivity contribution >= 4 is 17.3 Å². The van der Waals surface area contributed by atoms with Crippen LogP contribution in [0.5, 0.6) is 0 Å². The lowest BCUT2D eigenvalue weighted by Crippen LogP contribution is -2.42. The number of benzene rings is 1. The quantitative estimate of drug-likeness (QED) is 0.844. The maximum atomic E-state index is 6.30. The van der Waals surface area contributed by atoms with Crippen LogP contribution in [0, 0.1) is 13.8 Å². The molecule has 1 aromatic carbocycles. The highest BCUT2D eigenvalue weighted by molar-refractivity contribution is 6.33. The first-order valence-electron chi connectivity index (χ1n) is 6.37. The molecule has 3 heteroatoms. The molecular weight excluding hydrogens is 232 g/mol. The average molecular weight is 253 g/mol. The van der Waals surface area contributed by atoms with E-state index in [9.17, 15) is 0 Å². The molecule has 1 aliphatic carbocycles.